The molecule has 0 aliphatic rings. The van der Waals surface area contributed by atoms with Crippen molar-refractivity contribution in [1.82, 2.24) is 5.32 Å². The Labute approximate surface area is 176 Å². The summed E-state index contributed by atoms with van der Waals surface area (Å²) < 4.78 is 0.966. The Balaban J connectivity index is 0.000000861. The third-order valence-corrected chi connectivity index (χ3v) is 4.44. The van der Waals surface area contributed by atoms with E-state index in [1.165, 1.54) is 51.4 Å². The first-order valence-electron chi connectivity index (χ1n) is 10.9. The van der Waals surface area contributed by atoms with Crippen LogP contribution in [0.25, 0.3) is 0 Å². The zero-order chi connectivity index (χ0) is 21.1. The van der Waals surface area contributed by atoms with Gasteiger partial charge in [-0.15, -0.1) is 0 Å². The number of hydrogen-bond acceptors (Lipinski definition) is 1. The van der Waals surface area contributed by atoms with Gasteiger partial charge in [0.1, 0.15) is 0 Å². The molecule has 1 amide bonds. The Morgan fingerprint density at radius 1 is 0.857 bits per heavy atom. The number of unbranched alkanes of at least 4 members (excludes halogenated alkanes) is 8. The Kier molecular flexibility index (Phi) is 17.0. The summed E-state index contributed by atoms with van der Waals surface area (Å²) in [5.74, 6) is 0.236. The lowest BCUT2D eigenvalue weighted by molar-refractivity contribution is -0.870. The smallest absolute Gasteiger partial charge is 0.219 e. The van der Waals surface area contributed by atoms with Gasteiger partial charge >= 0.3 is 0 Å². The van der Waals surface area contributed by atoms with Crippen molar-refractivity contribution in [2.75, 3.05) is 34.2 Å². The van der Waals surface area contributed by atoms with Gasteiger partial charge in [-0.25, -0.2) is 5.46 Å². The number of benzene rings is 1. The van der Waals surface area contributed by atoms with Crippen molar-refractivity contribution in [3.63, 3.8) is 0 Å². The fourth-order valence-electron chi connectivity index (χ4n) is 2.81. The lowest BCUT2D eigenvalue weighted by Crippen LogP contribution is -2.37. The highest BCUT2D eigenvalue weighted by Crippen LogP contribution is 2.10. The molecule has 0 fully saturated rings. The SMILES string of the molecule is CCCCCCCCCCCC(=O)NCCC[N+](C)(C)C.[BH3-]c1ccccc1. The van der Waals surface area contributed by atoms with Crippen LogP contribution in [0, 0.1) is 0 Å². The van der Waals surface area contributed by atoms with E-state index in [-0.39, 0.29) is 5.91 Å². The highest BCUT2D eigenvalue weighted by atomic mass is 16.1. The van der Waals surface area contributed by atoms with E-state index in [1.54, 1.807) is 5.46 Å². The van der Waals surface area contributed by atoms with Crippen molar-refractivity contribution in [1.29, 1.82) is 0 Å². The molecule has 0 unspecified atom stereocenters. The van der Waals surface area contributed by atoms with Crippen LogP contribution < -0.4 is 10.8 Å². The first kappa shape index (κ1) is 26.7. The number of amides is 1. The summed E-state index contributed by atoms with van der Waals surface area (Å²) in [4.78, 5) is 11.7. The first-order valence-corrected chi connectivity index (χ1v) is 10.9. The van der Waals surface area contributed by atoms with Crippen molar-refractivity contribution in [2.45, 2.75) is 77.6 Å². The quantitative estimate of drug-likeness (QED) is 0.292. The third-order valence-electron chi connectivity index (χ3n) is 4.44. The van der Waals surface area contributed by atoms with E-state index in [9.17, 15) is 4.79 Å². The molecule has 1 rings (SSSR count). The van der Waals surface area contributed by atoms with Gasteiger partial charge in [-0.3, -0.25) is 4.79 Å². The molecule has 1 N–H and O–H groups in total. The highest BCUT2D eigenvalue weighted by molar-refractivity contribution is 6.32. The molecule has 0 aromatic heterocycles. The van der Waals surface area contributed by atoms with Crippen molar-refractivity contribution in [3.05, 3.63) is 30.3 Å². The molecule has 0 aliphatic carbocycles. The van der Waals surface area contributed by atoms with E-state index in [1.807, 2.05) is 0 Å². The van der Waals surface area contributed by atoms with Gasteiger partial charge in [0.05, 0.1) is 27.7 Å². The molecule has 28 heavy (non-hydrogen) atoms. The van der Waals surface area contributed by atoms with Crippen LogP contribution >= 0.6 is 0 Å². The van der Waals surface area contributed by atoms with E-state index in [0.717, 1.165) is 30.4 Å². The summed E-state index contributed by atoms with van der Waals surface area (Å²) in [6.07, 6.45) is 13.5. The maximum Gasteiger partial charge on any atom is 0.219 e. The van der Waals surface area contributed by atoms with Gasteiger partial charge in [-0.2, -0.15) is 0 Å². The van der Waals surface area contributed by atoms with Gasteiger partial charge in [0.25, 0.3) is 0 Å². The Hall–Kier alpha value is -1.29. The van der Waals surface area contributed by atoms with Crippen LogP contribution in [0.1, 0.15) is 77.6 Å². The highest BCUT2D eigenvalue weighted by Gasteiger charge is 2.06. The van der Waals surface area contributed by atoms with E-state index in [2.05, 4.69) is 63.7 Å². The fourth-order valence-corrected chi connectivity index (χ4v) is 2.81. The molecule has 0 aliphatic heterocycles. The Bertz CT molecular complexity index is 471. The van der Waals surface area contributed by atoms with Gasteiger partial charge in [0.15, 0.2) is 0 Å². The Morgan fingerprint density at radius 3 is 1.86 bits per heavy atom. The molecule has 0 saturated heterocycles. The van der Waals surface area contributed by atoms with Crippen LogP contribution in [0.15, 0.2) is 30.3 Å². The monoisotopic (exact) mass is 390 g/mol. The molecule has 1 aromatic rings. The van der Waals surface area contributed by atoms with E-state index in [4.69, 9.17) is 0 Å². The second-order valence-electron chi connectivity index (χ2n) is 8.37. The van der Waals surface area contributed by atoms with Crippen molar-refractivity contribution in [3.8, 4) is 0 Å². The number of nitrogens with zero attached hydrogens (tertiary/aromatic N) is 1. The number of nitrogens with one attached hydrogen (secondary N) is 1. The molecule has 0 spiro atoms. The molecule has 3 nitrogen and oxygen atoms in total. The maximum atomic E-state index is 11.7. The summed E-state index contributed by atoms with van der Waals surface area (Å²) in [5.41, 5.74) is 1.57. The van der Waals surface area contributed by atoms with Gasteiger partial charge in [-0.1, -0.05) is 88.6 Å². The molecular formula is C24H47BN2O. The summed E-state index contributed by atoms with van der Waals surface area (Å²) in [6.45, 7) is 4.19. The molecule has 1 aromatic carbocycles. The minimum absolute atomic E-state index is 0.236. The predicted octanol–water partition coefficient (Wildman–Crippen LogP) is 3.80. The fraction of sp³-hybridized carbons (Fsp3) is 0.708. The van der Waals surface area contributed by atoms with Crippen LogP contribution in [0.3, 0.4) is 0 Å². The van der Waals surface area contributed by atoms with Gasteiger partial charge in [0.2, 0.25) is 5.91 Å². The normalized spacial score (nSPS) is 10.9. The molecule has 0 atom stereocenters. The Morgan fingerprint density at radius 2 is 1.39 bits per heavy atom. The van der Waals surface area contributed by atoms with E-state index in [0.29, 0.717) is 14.3 Å². The summed E-state index contributed by atoms with van der Waals surface area (Å²) >= 11 is 0. The van der Waals surface area contributed by atoms with Crippen LogP contribution in [-0.4, -0.2) is 52.5 Å². The zero-order valence-electron chi connectivity index (χ0n) is 18.4. The second-order valence-corrected chi connectivity index (χ2v) is 8.37. The summed E-state index contributed by atoms with van der Waals surface area (Å²) in [5, 5.41) is 3.03. The largest absolute Gasteiger partial charge is 0.356 e. The van der Waals surface area contributed by atoms with Crippen molar-refractivity contribution >= 4 is 19.2 Å². The average Bonchev–Trinajstić information content (AvgIpc) is 2.64. The van der Waals surface area contributed by atoms with Gasteiger partial charge in [-0.05, 0) is 14.3 Å². The minimum atomic E-state index is 0.236. The molecule has 0 radical (unpaired) electrons. The molecular weight excluding hydrogens is 343 g/mol. The molecule has 4 heteroatoms. The molecule has 162 valence electrons. The average molecular weight is 390 g/mol. The number of quaternary nitrogens is 1. The molecule has 0 heterocycles. The van der Waals surface area contributed by atoms with Gasteiger partial charge < -0.3 is 9.80 Å². The van der Waals surface area contributed by atoms with Gasteiger partial charge in [0, 0.05) is 19.4 Å². The summed E-state index contributed by atoms with van der Waals surface area (Å²) in [6, 6.07) is 10.6. The lowest BCUT2D eigenvalue weighted by atomic mass is 9.97. The van der Waals surface area contributed by atoms with Crippen LogP contribution in [0.4, 0.5) is 0 Å². The predicted molar refractivity (Wildman–Crippen MR) is 128 cm³/mol. The van der Waals surface area contributed by atoms with E-state index >= 15 is 0 Å². The number of hydrogen-bond donors (Lipinski definition) is 1. The second kappa shape index (κ2) is 17.8. The number of carbonyl (C=O) groups is 1. The minimum Gasteiger partial charge on any atom is -0.356 e. The lowest BCUT2D eigenvalue weighted by Gasteiger charge is -2.23. The maximum absolute atomic E-state index is 11.7. The third kappa shape index (κ3) is 21.0. The molecule has 0 saturated carbocycles. The van der Waals surface area contributed by atoms with Crippen LogP contribution in [0.2, 0.25) is 0 Å². The standard InChI is InChI=1S/C18H38N2O.C6H8B/c1-5-6-7-8-9-10-11-12-13-15-18(21)19-16-14-17-20(2,3)4;7-6-4-2-1-3-5-6/h5-17H2,1-4H3;1-5H,7H3/q;-1/p+1. The van der Waals surface area contributed by atoms with Crippen LogP contribution in [0.5, 0.6) is 0 Å². The molecule has 0 bridgehead atoms. The summed E-state index contributed by atoms with van der Waals surface area (Å²) in [7, 11) is 7.00. The zero-order valence-corrected chi connectivity index (χ0v) is 18.4. The van der Waals surface area contributed by atoms with E-state index < -0.39 is 0 Å². The first-order chi connectivity index (χ1) is 13.3. The van der Waals surface area contributed by atoms with Crippen molar-refractivity contribution in [2.24, 2.45) is 0 Å². The van der Waals surface area contributed by atoms with Crippen molar-refractivity contribution < 1.29 is 9.28 Å². The number of carbonyl (C=O) groups excluding carboxylic acids is 1. The topological polar surface area (TPSA) is 29.1 Å². The number of rotatable bonds is 14. The van der Waals surface area contributed by atoms with Crippen LogP contribution in [-0.2, 0) is 4.79 Å².